The van der Waals surface area contributed by atoms with Crippen LogP contribution in [0.25, 0.3) is 39.5 Å². The van der Waals surface area contributed by atoms with E-state index in [2.05, 4.69) is 18.4 Å². The first-order valence-corrected chi connectivity index (χ1v) is 30.3. The Balaban J connectivity index is 1.67. The summed E-state index contributed by atoms with van der Waals surface area (Å²) < 4.78 is 2.54. The molecule has 0 unspecified atom stereocenters. The second-order valence-corrected chi connectivity index (χ2v) is 24.5. The molecule has 8 aromatic rings. The predicted molar refractivity (Wildman–Crippen MR) is 480 cm³/mol. The van der Waals surface area contributed by atoms with E-state index in [1.807, 2.05) is 0 Å². The summed E-state index contributed by atoms with van der Waals surface area (Å²) in [5.41, 5.74) is -17.3. The van der Waals surface area contributed by atoms with Gasteiger partial charge in [0.15, 0.2) is 0 Å². The fraction of sp³-hybridized carbons (Fsp3) is 0.0328. The molecule has 4 heterocycles. The van der Waals surface area contributed by atoms with E-state index in [1.165, 1.54) is 18.8 Å². The lowest BCUT2D eigenvalue weighted by atomic mass is 9.28. The molecule has 5 nitrogen and oxygen atoms in total. The number of nitrogens with zero attached hydrogens (tertiary/aromatic N) is 5. The summed E-state index contributed by atoms with van der Waals surface area (Å²) in [6, 6.07) is 0. The van der Waals surface area contributed by atoms with Gasteiger partial charge < -0.3 is 9.80 Å². The third-order valence-electron chi connectivity index (χ3n) is 18.9. The van der Waals surface area contributed by atoms with Crippen molar-refractivity contribution in [1.82, 2.24) is 14.0 Å². The molecule has 105 heavy (non-hydrogen) atoms. The largest absolute Gasteiger partial charge is 0.340 e. The van der Waals surface area contributed by atoms with Gasteiger partial charge in [-0.05, 0) is 16.6 Å². The van der Waals surface area contributed by atoms with Crippen LogP contribution in [-0.2, 0) is 6.42 Å². The smallest absolute Gasteiger partial charge is 0.250 e. The number of allylic oxidation sites excluding steroid dienone is 11. The highest BCUT2D eigenvalue weighted by molar-refractivity contribution is 7.06. The first kappa shape index (κ1) is 81.0. The molecule has 0 fully saturated rings. The first-order chi connectivity index (χ1) is 48.9. The van der Waals surface area contributed by atoms with Crippen molar-refractivity contribution in [3.63, 3.8) is 0 Å². The quantitative estimate of drug-likeness (QED) is 0.0654. The molecular formula is C61H8B39N5. The normalized spacial score (nSPS) is 13.8. The first-order valence-electron chi connectivity index (χ1n) is 30.3. The number of hydrogen-bond donors (Lipinski definition) is 0. The topological polar surface area (TPSA) is 28.7 Å². The Hall–Kier alpha value is -6.50. The van der Waals surface area contributed by atoms with Crippen LogP contribution in [0.1, 0.15) is 11.4 Å². The molecule has 76 radical (unpaired) electrons. The van der Waals surface area contributed by atoms with E-state index in [0.29, 0.717) is 0 Å². The summed E-state index contributed by atoms with van der Waals surface area (Å²) >= 11 is 0. The molecular weight excluding hydrogens is 1220 g/mol. The average molecular weight is 1230 g/mol. The third-order valence-corrected chi connectivity index (χ3v) is 18.9. The molecule has 0 atom stereocenters. The van der Waals surface area contributed by atoms with Crippen LogP contribution in [-0.4, -0.2) is 325 Å². The van der Waals surface area contributed by atoms with E-state index in [0.717, 1.165) is 0 Å². The van der Waals surface area contributed by atoms with Gasteiger partial charge in [-0.2, -0.15) is 0 Å². The molecule has 0 N–H and O–H groups in total. The van der Waals surface area contributed by atoms with Crippen molar-refractivity contribution in [2.24, 2.45) is 0 Å². The van der Waals surface area contributed by atoms with Gasteiger partial charge >= 0.3 is 0 Å². The fourth-order valence-corrected chi connectivity index (χ4v) is 13.0. The third kappa shape index (κ3) is 12.2. The molecule has 394 valence electrons. The Morgan fingerprint density at radius 2 is 0.686 bits per heavy atom. The number of benzene rings is 6. The van der Waals surface area contributed by atoms with Crippen molar-refractivity contribution in [1.29, 1.82) is 0 Å². The summed E-state index contributed by atoms with van der Waals surface area (Å²) in [7, 11) is 264. The summed E-state index contributed by atoms with van der Waals surface area (Å²) in [6.45, 7) is 1.49. The van der Waals surface area contributed by atoms with Crippen molar-refractivity contribution in [2.45, 2.75) is 6.42 Å². The van der Waals surface area contributed by atoms with Crippen molar-refractivity contribution in [3.05, 3.63) is 83.6 Å². The van der Waals surface area contributed by atoms with Gasteiger partial charge in [0.2, 0.25) is 12.5 Å². The molecule has 0 saturated carbocycles. The standard InChI is InChI=1S/C61H8B39N5/c1-4-9(63)17(68)19(70)11(65)6-13-52(42(93)35(86)25(76)16(67)8(3)62)101-61-103(13)53(14-21(72)26(77)30(81)27(78)22(14)73)54(15-23(74)28(79)31(82)29(80)24(15)75)105(61)56-47(98)58-51-60(48(56)99)104(55-43(94)36(87)32(83)37(88)44(55)95)59-46(97)39(90)34(85)41(92)50(59)100(51)49-40(91)33(84)38(89)45(96)57(49)102(58)7-12(66)20(71)18(69)10(64)5-2/h1-2H,3,6-7H2/b17-9-,18-10-,19-11-,20-12-,25-16-,42-35+. The Morgan fingerprint density at radius 3 is 1.11 bits per heavy atom. The van der Waals surface area contributed by atoms with E-state index in [9.17, 15) is 0 Å². The lowest BCUT2D eigenvalue weighted by Gasteiger charge is -2.51. The Morgan fingerprint density at radius 1 is 0.343 bits per heavy atom. The summed E-state index contributed by atoms with van der Waals surface area (Å²) in [5.74, 6) is 4.00. The minimum atomic E-state index is -1.53. The molecule has 0 bridgehead atoms. The molecule has 10 rings (SSSR count). The molecule has 0 saturated heterocycles. The highest BCUT2D eigenvalue weighted by Gasteiger charge is 2.49. The van der Waals surface area contributed by atoms with E-state index in [-0.39, 0.29) is 232 Å². The molecule has 0 amide bonds. The van der Waals surface area contributed by atoms with E-state index in [1.54, 1.807) is 0 Å². The summed E-state index contributed by atoms with van der Waals surface area (Å²) in [4.78, 5) is 7.98. The highest BCUT2D eigenvalue weighted by atomic mass is 15.2. The van der Waals surface area contributed by atoms with Crippen molar-refractivity contribution < 1.29 is 0 Å². The predicted octanol–water partition coefficient (Wildman–Crippen LogP) is -24.7. The van der Waals surface area contributed by atoms with Crippen LogP contribution in [0.3, 0.4) is 0 Å². The molecule has 0 spiro atoms. The SMILES string of the molecule is [B]C(=C)/C([B])=C([B])\C([B])=C(/[B])c1nc2n(-c3c([B])c4c5c(c3[B])N(c3c([B])c([B])c([B])c([B])c3[B])c3c([B])c([B])c([B])c([B])c3B5c3c([B])c([B])c([B])c([B])c3N4C/C([B])=C([B])\C([B])=C(\[B])C#C)c(-c3c([B])c([B])c([B])c([B])c3[B])c(-c3c([B])c([B])c([B])c([B])c3[B])n2c1C/C([B])=C([B])\C([B])=C(\[B])C#C. The molecule has 2 aliphatic rings. The summed E-state index contributed by atoms with van der Waals surface area (Å²) in [5, 5.41) is 0. The van der Waals surface area contributed by atoms with Gasteiger partial charge in [0.05, 0.1) is 22.8 Å². The van der Waals surface area contributed by atoms with Gasteiger partial charge in [0.25, 0.3) is 0 Å². The maximum atomic E-state index is 8.20. The molecule has 2 aliphatic heterocycles. The Labute approximate surface area is 665 Å². The molecule has 6 aromatic carbocycles. The lowest BCUT2D eigenvalue weighted by Crippen LogP contribution is -2.76. The van der Waals surface area contributed by atoms with Crippen LogP contribution in [0.4, 0.5) is 28.4 Å². The van der Waals surface area contributed by atoms with Gasteiger partial charge in [0.1, 0.15) is 298 Å². The monoisotopic (exact) mass is 1240 g/mol. The second kappa shape index (κ2) is 29.5. The van der Waals surface area contributed by atoms with Gasteiger partial charge in [-0.3, -0.25) is 8.97 Å². The Kier molecular flexibility index (Phi) is 22.7. The van der Waals surface area contributed by atoms with Gasteiger partial charge in [-0.25, -0.2) is 4.98 Å². The maximum Gasteiger partial charge on any atom is 0.250 e. The number of rotatable bonds is 13. The lowest BCUT2D eigenvalue weighted by molar-refractivity contribution is 1.04. The summed E-state index contributed by atoms with van der Waals surface area (Å²) in [6.07, 6.45) is 10.8. The minimum Gasteiger partial charge on any atom is -0.340 e. The highest BCUT2D eigenvalue weighted by Crippen LogP contribution is 2.43. The van der Waals surface area contributed by atoms with Crippen LogP contribution in [0, 0.1) is 24.7 Å². The van der Waals surface area contributed by atoms with E-state index >= 15 is 0 Å². The number of fused-ring (bicyclic) bond motifs is 5. The fourth-order valence-electron chi connectivity index (χ4n) is 13.0. The van der Waals surface area contributed by atoms with Crippen molar-refractivity contribution >= 4 is 498 Å². The average Bonchev–Trinajstić information content (AvgIpc) is 1.24. The minimum absolute atomic E-state index is 0.00545. The number of aromatic nitrogens is 3. The zero-order valence-electron chi connectivity index (χ0n) is 56.0. The van der Waals surface area contributed by atoms with Crippen LogP contribution >= 0.6 is 0 Å². The maximum absolute atomic E-state index is 8.20. The van der Waals surface area contributed by atoms with Gasteiger partial charge in [-0.1, -0.05) is 93.8 Å². The van der Waals surface area contributed by atoms with Crippen LogP contribution < -0.4 is 163 Å². The zero-order chi connectivity index (χ0) is 78.6. The second-order valence-electron chi connectivity index (χ2n) is 24.5. The number of terminal acetylenes is 2. The van der Waals surface area contributed by atoms with Crippen LogP contribution in [0.5, 0.6) is 0 Å². The molecule has 0 aliphatic carbocycles. The Bertz CT molecular complexity index is 5570. The van der Waals surface area contributed by atoms with Gasteiger partial charge in [-0.15, -0.1) is 156 Å². The van der Waals surface area contributed by atoms with Crippen LogP contribution in [0.15, 0.2) is 72.2 Å². The number of hydrogen-bond acceptors (Lipinski definition) is 3. The van der Waals surface area contributed by atoms with Crippen molar-refractivity contribution in [3.8, 4) is 52.9 Å². The number of anilines is 5. The van der Waals surface area contributed by atoms with Crippen LogP contribution in [0.2, 0.25) is 0 Å². The molecule has 2 aromatic heterocycles. The zero-order valence-corrected chi connectivity index (χ0v) is 56.0. The number of imidazole rings is 2. The van der Waals surface area contributed by atoms with E-state index < -0.39 is 85.8 Å². The van der Waals surface area contributed by atoms with E-state index in [4.69, 9.17) is 316 Å². The van der Waals surface area contributed by atoms with Gasteiger partial charge in [0, 0.05) is 47.1 Å². The molecule has 44 heteroatoms. The van der Waals surface area contributed by atoms with Crippen molar-refractivity contribution in [2.75, 3.05) is 16.3 Å².